The second-order valence-corrected chi connectivity index (χ2v) is 29.6. The lowest BCUT2D eigenvalue weighted by Crippen LogP contribution is -2.18. The molecule has 0 heterocycles. The number of rotatable bonds is 23. The third kappa shape index (κ3) is 31.0. The normalized spacial score (nSPS) is 10.7. The number of phenolic OH excluding ortho intramolecular Hbond substituents is 10. The molecule has 14 aromatic carbocycles. The van der Waals surface area contributed by atoms with E-state index in [0.717, 1.165) is 116 Å². The Morgan fingerprint density at radius 3 is 0.899 bits per heavy atom. The maximum absolute atomic E-state index is 10.4. The molecule has 0 bridgehead atoms. The molecule has 0 saturated heterocycles. The van der Waals surface area contributed by atoms with Crippen molar-refractivity contribution in [3.63, 3.8) is 0 Å². The maximum Gasteiger partial charge on any atom is 0.122 e. The van der Waals surface area contributed by atoms with E-state index in [0.29, 0.717) is 31.1 Å². The highest BCUT2D eigenvalue weighted by Gasteiger charge is 2.24. The van der Waals surface area contributed by atoms with E-state index in [2.05, 4.69) is 13.8 Å². The first-order valence-electron chi connectivity index (χ1n) is 38.5. The van der Waals surface area contributed by atoms with Crippen LogP contribution in [-0.2, 0) is 25.0 Å². The van der Waals surface area contributed by atoms with Gasteiger partial charge in [-0.25, -0.2) is 0 Å². The first-order chi connectivity index (χ1) is 57.4. The van der Waals surface area contributed by atoms with Crippen molar-refractivity contribution < 1.29 is 100 Å². The Morgan fingerprint density at radius 1 is 0.277 bits per heavy atom. The minimum absolute atomic E-state index is 0.0392. The highest BCUT2D eigenvalue weighted by Crippen LogP contribution is 2.56. The van der Waals surface area contributed by atoms with Crippen LogP contribution in [0.15, 0.2) is 325 Å². The second kappa shape index (κ2) is 49.3. The standard InChI is InChI=1S/C21H16O2.C16H18O4.C15H16O2.C14H14O2.C12H12O4S.C12H10O2.C6H14O2.C2H6O2/c22-20-11-9-14-5-1-3-7-16(14)18(20)13-19-17-8-4-2-6-15(17)10-12-21(19)23;17-13-5-3-7-15(11-13)19-9-1-2-10-20-16-8-4-6-14(18)12-16;1-15(2,11-3-7-13(16)8-4-11)12-5-9-14(17)10-6-12;15-9-11-1-5-13(6-2-11)14-7-3-12(10-16)4-8-14;13-9-3-1-5-11(7-9)17(15,16)12-6-2-4-10(14)8-12;13-11-5-1-9(2-6-11)10-3-7-12(14)8-4-10;7-5-3-1-2-4-6-8;3-1-2-4/h1-12,22-23H,13H2;3-8,11-12,17-18H,1-2,9-10H2;3-10,16-17H,1-2H3;1-8,15-16H,9-10H2;1-8,13-16H;1-8,13-14H;7-8H,1-6H2;3-4H,1-2H2. The van der Waals surface area contributed by atoms with Crippen LogP contribution in [0.1, 0.15) is 85.8 Å². The molecular weight excluding hydrogens is 1530 g/mol. The summed E-state index contributed by atoms with van der Waals surface area (Å²) in [5.41, 5.74) is 9.87. The summed E-state index contributed by atoms with van der Waals surface area (Å²) in [6.07, 6.45) is 6.03. The predicted octanol–water partition coefficient (Wildman–Crippen LogP) is 19.6. The van der Waals surface area contributed by atoms with Gasteiger partial charge in [0.2, 0.25) is 0 Å². The Bertz CT molecular complexity index is 4940. The van der Waals surface area contributed by atoms with E-state index < -0.39 is 10.6 Å². The smallest absolute Gasteiger partial charge is 0.122 e. The van der Waals surface area contributed by atoms with E-state index >= 15 is 0 Å². The number of aromatic hydroxyl groups is 10. The maximum atomic E-state index is 10.4. The lowest BCUT2D eigenvalue weighted by molar-refractivity contribution is 0.186. The molecule has 0 aromatic heterocycles. The lowest BCUT2D eigenvalue weighted by Gasteiger charge is -2.32. The molecule has 0 unspecified atom stereocenters. The van der Waals surface area contributed by atoms with Gasteiger partial charge in [0.1, 0.15) is 69.0 Å². The Kier molecular flexibility index (Phi) is 38.7. The van der Waals surface area contributed by atoms with Crippen molar-refractivity contribution in [2.75, 3.05) is 39.6 Å². The second-order valence-electron chi connectivity index (χ2n) is 27.5. The monoisotopic (exact) mass is 1630 g/mol. The molecule has 18 N–H and O–H groups in total. The van der Waals surface area contributed by atoms with Gasteiger partial charge in [0, 0.05) is 60.4 Å². The summed E-state index contributed by atoms with van der Waals surface area (Å²) in [4.78, 5) is 0.422. The van der Waals surface area contributed by atoms with Crippen molar-refractivity contribution in [3.8, 4) is 91.2 Å². The largest absolute Gasteiger partial charge is 0.508 e. The molecule has 0 aliphatic carbocycles. The topological polar surface area (TPSA) is 383 Å². The Morgan fingerprint density at radius 2 is 0.588 bits per heavy atom. The number of fused-ring (bicyclic) bond motifs is 2. The molecular formula is C98H106O20S. The fraction of sp³-hybridized carbons (Fsp3) is 0.184. The summed E-state index contributed by atoms with van der Waals surface area (Å²) in [6.45, 7) is 5.85. The van der Waals surface area contributed by atoms with Crippen LogP contribution in [0.2, 0.25) is 0 Å². The number of hydrogen-bond acceptors (Lipinski definition) is 20. The zero-order valence-electron chi connectivity index (χ0n) is 66.4. The molecule has 14 rings (SSSR count). The summed E-state index contributed by atoms with van der Waals surface area (Å²) in [7, 11) is -3.20. The first kappa shape index (κ1) is 93.4. The minimum atomic E-state index is -3.20. The van der Waals surface area contributed by atoms with Crippen molar-refractivity contribution in [1.82, 2.24) is 0 Å². The van der Waals surface area contributed by atoms with Crippen LogP contribution in [0.3, 0.4) is 0 Å². The highest BCUT2D eigenvalue weighted by atomic mass is 32.3. The van der Waals surface area contributed by atoms with Gasteiger partial charge in [-0.2, -0.15) is 0 Å². The molecule has 0 amide bonds. The molecule has 0 radical (unpaired) electrons. The van der Waals surface area contributed by atoms with Gasteiger partial charge in [-0.05, 0) is 201 Å². The molecule has 0 saturated carbocycles. The molecule has 0 aliphatic rings. The first-order valence-corrected chi connectivity index (χ1v) is 40.0. The number of ether oxygens (including phenoxy) is 2. The number of hydrogen-bond donors (Lipinski definition) is 18. The van der Waals surface area contributed by atoms with E-state index in [1.54, 1.807) is 97.1 Å². The third-order valence-electron chi connectivity index (χ3n) is 18.4. The fourth-order valence-corrected chi connectivity index (χ4v) is 13.2. The predicted molar refractivity (Wildman–Crippen MR) is 470 cm³/mol. The zero-order chi connectivity index (χ0) is 86.0. The van der Waals surface area contributed by atoms with Crippen LogP contribution in [0.5, 0.6) is 69.0 Å². The zero-order valence-corrected chi connectivity index (χ0v) is 67.2. The average molecular weight is 1640 g/mol. The minimum Gasteiger partial charge on any atom is -0.508 e. The Labute approximate surface area is 695 Å². The lowest BCUT2D eigenvalue weighted by atomic mass is 9.78. The molecule has 624 valence electrons. The van der Waals surface area contributed by atoms with Gasteiger partial charge in [0.15, 0.2) is 0 Å². The van der Waals surface area contributed by atoms with E-state index in [1.807, 2.05) is 170 Å². The molecule has 0 fully saturated rings. The van der Waals surface area contributed by atoms with E-state index in [9.17, 15) is 50.0 Å². The van der Waals surface area contributed by atoms with E-state index in [1.165, 1.54) is 48.5 Å². The average Bonchev–Trinajstić information content (AvgIpc) is 0.784. The summed E-state index contributed by atoms with van der Waals surface area (Å²) < 4.78 is 31.3. The molecule has 0 aliphatic heterocycles. The van der Waals surface area contributed by atoms with Crippen LogP contribution < -0.4 is 9.47 Å². The molecule has 21 heteroatoms. The van der Waals surface area contributed by atoms with Crippen molar-refractivity contribution in [2.24, 2.45) is 0 Å². The van der Waals surface area contributed by atoms with Gasteiger partial charge in [-0.1, -0.05) is 209 Å². The highest BCUT2D eigenvalue weighted by molar-refractivity contribution is 8.24. The molecule has 119 heavy (non-hydrogen) atoms. The van der Waals surface area contributed by atoms with Crippen LogP contribution in [0.4, 0.5) is 0 Å². The van der Waals surface area contributed by atoms with Crippen LogP contribution in [-0.4, -0.2) is 130 Å². The summed E-state index contributed by atoms with van der Waals surface area (Å²) in [5, 5.41) is 149. The number of benzene rings is 14. The van der Waals surface area contributed by atoms with Gasteiger partial charge in [0.25, 0.3) is 0 Å². The van der Waals surface area contributed by atoms with Crippen molar-refractivity contribution >= 4 is 32.1 Å². The van der Waals surface area contributed by atoms with E-state index in [4.69, 9.17) is 50.3 Å². The van der Waals surface area contributed by atoms with Crippen molar-refractivity contribution in [1.29, 1.82) is 0 Å². The van der Waals surface area contributed by atoms with Crippen molar-refractivity contribution in [2.45, 2.75) is 87.2 Å². The van der Waals surface area contributed by atoms with Crippen LogP contribution in [0, 0.1) is 0 Å². The molecule has 14 aromatic rings. The van der Waals surface area contributed by atoms with Gasteiger partial charge in [-0.15, -0.1) is 10.6 Å². The fourth-order valence-electron chi connectivity index (χ4n) is 11.8. The number of aliphatic hydroxyl groups is 6. The number of phenols is 10. The number of aliphatic hydroxyl groups excluding tert-OH is 6. The van der Waals surface area contributed by atoms with Gasteiger partial charge in [-0.3, -0.25) is 9.11 Å². The molecule has 0 spiro atoms. The van der Waals surface area contributed by atoms with Gasteiger partial charge < -0.3 is 91.2 Å². The van der Waals surface area contributed by atoms with Gasteiger partial charge >= 0.3 is 0 Å². The SMILES string of the molecule is CC(C)(c1ccc(O)cc1)c1ccc(O)cc1.OCCCCCCO.OCCO.OCc1ccc(-c2ccc(CO)cc2)cc1.Oc1ccc(-c2ccc(O)cc2)cc1.Oc1ccc2ccccc2c1Cc1c(O)ccc2ccccc12.Oc1cccc(OCCCCOc2cccc(O)c2)c1.Oc1cccc(S(O)(O)c2cccc(O)c2)c1. The van der Waals surface area contributed by atoms with Gasteiger partial charge in [0.05, 0.1) is 49.4 Å². The van der Waals surface area contributed by atoms with Crippen LogP contribution >= 0.6 is 10.6 Å². The summed E-state index contributed by atoms with van der Waals surface area (Å²) in [6, 6.07) is 92.2. The summed E-state index contributed by atoms with van der Waals surface area (Å²) in [5.74, 6) is 3.24. The van der Waals surface area contributed by atoms with Crippen molar-refractivity contribution in [3.05, 3.63) is 349 Å². The third-order valence-corrected chi connectivity index (χ3v) is 20.2. The molecule has 0 atom stereocenters. The Hall–Kier alpha value is -12.8. The van der Waals surface area contributed by atoms with Crippen LogP contribution in [0.25, 0.3) is 43.8 Å². The Balaban J connectivity index is 0.000000193. The molecule has 20 nitrogen and oxygen atoms in total. The quantitative estimate of drug-likeness (QED) is 0.0264. The number of unbranched alkanes of at least 4 members (excludes halogenated alkanes) is 4. The van der Waals surface area contributed by atoms with E-state index in [-0.39, 0.29) is 112 Å². The summed E-state index contributed by atoms with van der Waals surface area (Å²) >= 11 is 0.